The quantitative estimate of drug-likeness (QED) is 0.915. The maximum absolute atomic E-state index is 5.79. The van der Waals surface area contributed by atoms with Gasteiger partial charge in [-0.05, 0) is 45.9 Å². The number of hydrogen-bond acceptors (Lipinski definition) is 3. The average Bonchev–Trinajstić information content (AvgIpc) is 2.35. The molecule has 20 heavy (non-hydrogen) atoms. The van der Waals surface area contributed by atoms with Crippen molar-refractivity contribution in [2.24, 2.45) is 0 Å². The lowest BCUT2D eigenvalue weighted by atomic mass is 9.98. The van der Waals surface area contributed by atoms with Gasteiger partial charge in [0.05, 0.1) is 12.2 Å². The minimum absolute atomic E-state index is 0.0289. The van der Waals surface area contributed by atoms with Crippen LogP contribution in [0, 0.1) is 13.8 Å². The Labute approximate surface area is 123 Å². The van der Waals surface area contributed by atoms with Crippen LogP contribution in [-0.2, 0) is 4.74 Å². The van der Waals surface area contributed by atoms with Crippen molar-refractivity contribution in [2.75, 3.05) is 33.3 Å². The minimum atomic E-state index is -0.0289. The molecule has 1 unspecified atom stereocenters. The Hall–Kier alpha value is -0.900. The summed E-state index contributed by atoms with van der Waals surface area (Å²) in [6.45, 7) is 12.6. The van der Waals surface area contributed by atoms with Crippen molar-refractivity contribution in [1.82, 2.24) is 10.2 Å². The first kappa shape index (κ1) is 15.5. The van der Waals surface area contributed by atoms with Crippen LogP contribution in [0.1, 0.15) is 36.6 Å². The van der Waals surface area contributed by atoms with Crippen LogP contribution in [0.15, 0.2) is 18.2 Å². The summed E-state index contributed by atoms with van der Waals surface area (Å²) in [7, 11) is 2.05. The molecule has 1 heterocycles. The van der Waals surface area contributed by atoms with Gasteiger partial charge in [-0.25, -0.2) is 0 Å². The normalized spacial score (nSPS) is 20.9. The van der Waals surface area contributed by atoms with Crippen LogP contribution in [0.5, 0.6) is 0 Å². The van der Waals surface area contributed by atoms with Gasteiger partial charge in [0.1, 0.15) is 0 Å². The summed E-state index contributed by atoms with van der Waals surface area (Å²) in [5.74, 6) is 0. The first-order valence-electron chi connectivity index (χ1n) is 7.52. The molecule has 0 amide bonds. The molecule has 0 bridgehead atoms. The van der Waals surface area contributed by atoms with Crippen molar-refractivity contribution in [3.05, 3.63) is 34.9 Å². The fraction of sp³-hybridized carbons (Fsp3) is 0.647. The van der Waals surface area contributed by atoms with Gasteiger partial charge in [-0.3, -0.25) is 4.90 Å². The molecule has 1 saturated heterocycles. The molecule has 0 spiro atoms. The second-order valence-electron chi connectivity index (χ2n) is 6.54. The number of likely N-dealkylation sites (N-methyl/N-ethyl adjacent to an activating group) is 1. The molecule has 1 aliphatic rings. The van der Waals surface area contributed by atoms with Crippen molar-refractivity contribution in [3.63, 3.8) is 0 Å². The molecule has 0 radical (unpaired) electrons. The Morgan fingerprint density at radius 2 is 2.10 bits per heavy atom. The highest BCUT2D eigenvalue weighted by Crippen LogP contribution is 2.23. The summed E-state index contributed by atoms with van der Waals surface area (Å²) in [5.41, 5.74) is 4.08. The van der Waals surface area contributed by atoms with Crippen molar-refractivity contribution >= 4 is 0 Å². The van der Waals surface area contributed by atoms with E-state index >= 15 is 0 Å². The number of ether oxygens (including phenoxy) is 1. The lowest BCUT2D eigenvalue weighted by Gasteiger charge is -2.39. The molecule has 1 aromatic rings. The van der Waals surface area contributed by atoms with Gasteiger partial charge in [-0.2, -0.15) is 0 Å². The van der Waals surface area contributed by atoms with E-state index in [-0.39, 0.29) is 5.60 Å². The number of morpholine rings is 1. The lowest BCUT2D eigenvalue weighted by molar-refractivity contribution is -0.0875. The van der Waals surface area contributed by atoms with Crippen LogP contribution in [0.25, 0.3) is 0 Å². The maximum atomic E-state index is 5.79. The predicted octanol–water partition coefficient (Wildman–Crippen LogP) is 2.67. The zero-order valence-corrected chi connectivity index (χ0v) is 13.5. The molecule has 0 aliphatic carbocycles. The molecule has 1 fully saturated rings. The fourth-order valence-corrected chi connectivity index (χ4v) is 3.09. The van der Waals surface area contributed by atoms with E-state index in [4.69, 9.17) is 4.74 Å². The highest BCUT2D eigenvalue weighted by molar-refractivity contribution is 5.33. The summed E-state index contributed by atoms with van der Waals surface area (Å²) < 4.78 is 5.79. The van der Waals surface area contributed by atoms with E-state index in [1.165, 1.54) is 16.7 Å². The molecule has 3 nitrogen and oxygen atoms in total. The Bertz CT molecular complexity index is 456. The average molecular weight is 276 g/mol. The van der Waals surface area contributed by atoms with E-state index in [1.54, 1.807) is 0 Å². The van der Waals surface area contributed by atoms with Gasteiger partial charge >= 0.3 is 0 Å². The van der Waals surface area contributed by atoms with Crippen LogP contribution in [0.4, 0.5) is 0 Å². The van der Waals surface area contributed by atoms with Crippen LogP contribution in [-0.4, -0.2) is 43.8 Å². The third kappa shape index (κ3) is 3.81. The molecule has 1 atom stereocenters. The van der Waals surface area contributed by atoms with Gasteiger partial charge in [0, 0.05) is 25.7 Å². The van der Waals surface area contributed by atoms with Crippen LogP contribution >= 0.6 is 0 Å². The number of hydrogen-bond donors (Lipinski definition) is 1. The van der Waals surface area contributed by atoms with Crippen LogP contribution < -0.4 is 5.32 Å². The summed E-state index contributed by atoms with van der Waals surface area (Å²) >= 11 is 0. The van der Waals surface area contributed by atoms with Crippen molar-refractivity contribution in [3.8, 4) is 0 Å². The third-order valence-electron chi connectivity index (χ3n) is 4.09. The summed E-state index contributed by atoms with van der Waals surface area (Å²) in [5, 5.41) is 3.47. The zero-order chi connectivity index (χ0) is 14.8. The van der Waals surface area contributed by atoms with E-state index in [2.05, 4.69) is 63.2 Å². The zero-order valence-electron chi connectivity index (χ0n) is 13.5. The second kappa shape index (κ2) is 6.25. The summed E-state index contributed by atoms with van der Waals surface area (Å²) in [4.78, 5) is 2.50. The van der Waals surface area contributed by atoms with E-state index in [9.17, 15) is 0 Å². The number of aryl methyl sites for hydroxylation is 2. The molecule has 1 N–H and O–H groups in total. The summed E-state index contributed by atoms with van der Waals surface area (Å²) in [6, 6.07) is 7.11. The van der Waals surface area contributed by atoms with Crippen LogP contribution in [0.3, 0.4) is 0 Å². The molecule has 0 aromatic heterocycles. The molecule has 1 aliphatic heterocycles. The highest BCUT2D eigenvalue weighted by atomic mass is 16.5. The number of benzene rings is 1. The Kier molecular flexibility index (Phi) is 4.84. The van der Waals surface area contributed by atoms with Crippen LogP contribution in [0.2, 0.25) is 0 Å². The molecule has 1 aromatic carbocycles. The highest BCUT2D eigenvalue weighted by Gasteiger charge is 2.28. The molecule has 3 heteroatoms. The van der Waals surface area contributed by atoms with Gasteiger partial charge in [-0.1, -0.05) is 23.8 Å². The molecular formula is C17H28N2O. The van der Waals surface area contributed by atoms with E-state index < -0.39 is 0 Å². The number of rotatable bonds is 4. The monoisotopic (exact) mass is 276 g/mol. The standard InChI is InChI=1S/C17H28N2O/c1-13-6-7-15(14(2)10-13)16(18-5)11-19-8-9-20-17(3,4)12-19/h6-7,10,16,18H,8-9,11-12H2,1-5H3. The first-order chi connectivity index (χ1) is 9.41. The number of nitrogens with one attached hydrogen (secondary N) is 1. The molecular weight excluding hydrogens is 248 g/mol. The Morgan fingerprint density at radius 3 is 2.70 bits per heavy atom. The van der Waals surface area contributed by atoms with Gasteiger partial charge in [-0.15, -0.1) is 0 Å². The van der Waals surface area contributed by atoms with E-state index in [1.807, 2.05) is 0 Å². The SMILES string of the molecule is CNC(CN1CCOC(C)(C)C1)c1ccc(C)cc1C. The van der Waals surface area contributed by atoms with E-state index in [0.29, 0.717) is 6.04 Å². The van der Waals surface area contributed by atoms with Gasteiger partial charge in [0.25, 0.3) is 0 Å². The van der Waals surface area contributed by atoms with E-state index in [0.717, 1.165) is 26.2 Å². The smallest absolute Gasteiger partial charge is 0.0753 e. The molecule has 112 valence electrons. The minimum Gasteiger partial charge on any atom is -0.373 e. The largest absolute Gasteiger partial charge is 0.373 e. The van der Waals surface area contributed by atoms with Crippen molar-refractivity contribution in [2.45, 2.75) is 39.3 Å². The Morgan fingerprint density at radius 1 is 1.35 bits per heavy atom. The van der Waals surface area contributed by atoms with Gasteiger partial charge < -0.3 is 10.1 Å². The topological polar surface area (TPSA) is 24.5 Å². The maximum Gasteiger partial charge on any atom is 0.0753 e. The number of nitrogens with zero attached hydrogens (tertiary/aromatic N) is 1. The molecule has 0 saturated carbocycles. The van der Waals surface area contributed by atoms with Crippen molar-refractivity contribution < 1.29 is 4.74 Å². The molecule has 2 rings (SSSR count). The fourth-order valence-electron chi connectivity index (χ4n) is 3.09. The van der Waals surface area contributed by atoms with Gasteiger partial charge in [0.15, 0.2) is 0 Å². The second-order valence-corrected chi connectivity index (χ2v) is 6.54. The third-order valence-corrected chi connectivity index (χ3v) is 4.09. The van der Waals surface area contributed by atoms with Crippen molar-refractivity contribution in [1.29, 1.82) is 0 Å². The van der Waals surface area contributed by atoms with Gasteiger partial charge in [0.2, 0.25) is 0 Å². The predicted molar refractivity (Wildman–Crippen MR) is 84.2 cm³/mol. The first-order valence-corrected chi connectivity index (χ1v) is 7.52. The lowest BCUT2D eigenvalue weighted by Crippen LogP contribution is -2.50. The Balaban J connectivity index is 2.09. The summed E-state index contributed by atoms with van der Waals surface area (Å²) in [6.07, 6.45) is 0.